The number of nitrogens with one attached hydrogen (secondary N) is 1. The first-order chi connectivity index (χ1) is 9.77. The lowest BCUT2D eigenvalue weighted by Gasteiger charge is -2.18. The zero-order chi connectivity index (χ0) is 16.0. The molecule has 0 aliphatic rings. The number of rotatable bonds is 4. The van der Waals surface area contributed by atoms with Gasteiger partial charge in [-0.15, -0.1) is 0 Å². The number of nitrogens with two attached hydrogens (primary N) is 1. The van der Waals surface area contributed by atoms with Gasteiger partial charge in [0.05, 0.1) is 17.5 Å². The third-order valence-corrected chi connectivity index (χ3v) is 4.20. The molecule has 1 aromatic rings. The van der Waals surface area contributed by atoms with Crippen LogP contribution in [0.3, 0.4) is 0 Å². The van der Waals surface area contributed by atoms with Crippen LogP contribution in [0.4, 0.5) is 0 Å². The van der Waals surface area contributed by atoms with Crippen LogP contribution in [0.5, 0.6) is 0 Å². The van der Waals surface area contributed by atoms with Gasteiger partial charge in [0.2, 0.25) is 15.9 Å². The topological polar surface area (TPSA) is 92.5 Å². The quantitative estimate of drug-likeness (QED) is 0.750. The molecule has 0 fully saturated rings. The second-order valence-corrected chi connectivity index (χ2v) is 6.32. The summed E-state index contributed by atoms with van der Waals surface area (Å²) in [7, 11) is -0.611. The molecule has 0 aromatic heterocycles. The second kappa shape index (κ2) is 7.22. The standard InChI is InChI=1S/C14H19N3O3S/c1-11(14(18)17(2)3)16-21(19,20)13-8-6-12(7-9-13)5-4-10-15/h6-9,11,16H,10,15H2,1-3H3. The summed E-state index contributed by atoms with van der Waals surface area (Å²) < 4.78 is 26.7. The Kier molecular flexibility index (Phi) is 5.90. The van der Waals surface area contributed by atoms with E-state index in [1.165, 1.54) is 24.0 Å². The number of carbonyl (C=O) groups is 1. The maximum atomic E-state index is 12.2. The molecule has 1 unspecified atom stereocenters. The number of hydrogen-bond acceptors (Lipinski definition) is 4. The summed E-state index contributed by atoms with van der Waals surface area (Å²) in [6, 6.07) is 5.23. The maximum Gasteiger partial charge on any atom is 0.241 e. The lowest BCUT2D eigenvalue weighted by Crippen LogP contribution is -2.44. The largest absolute Gasteiger partial charge is 0.347 e. The van der Waals surface area contributed by atoms with Crippen LogP contribution in [-0.2, 0) is 14.8 Å². The third kappa shape index (κ3) is 4.86. The van der Waals surface area contributed by atoms with Crippen LogP contribution in [0.2, 0.25) is 0 Å². The van der Waals surface area contributed by atoms with Crippen molar-refractivity contribution in [2.45, 2.75) is 17.9 Å². The summed E-state index contributed by atoms with van der Waals surface area (Å²) in [6.07, 6.45) is 0. The first-order valence-electron chi connectivity index (χ1n) is 6.30. The highest BCUT2D eigenvalue weighted by Gasteiger charge is 2.22. The highest BCUT2D eigenvalue weighted by molar-refractivity contribution is 7.89. The van der Waals surface area contributed by atoms with Crippen molar-refractivity contribution in [2.75, 3.05) is 20.6 Å². The Hall–Kier alpha value is -1.88. The van der Waals surface area contributed by atoms with E-state index in [9.17, 15) is 13.2 Å². The second-order valence-electron chi connectivity index (χ2n) is 4.61. The number of amides is 1. The van der Waals surface area contributed by atoms with E-state index in [1.807, 2.05) is 0 Å². The van der Waals surface area contributed by atoms with Gasteiger partial charge in [-0.3, -0.25) is 4.79 Å². The molecule has 114 valence electrons. The summed E-state index contributed by atoms with van der Waals surface area (Å²) in [6.45, 7) is 1.74. The van der Waals surface area contributed by atoms with Gasteiger partial charge < -0.3 is 10.6 Å². The zero-order valence-corrected chi connectivity index (χ0v) is 13.1. The van der Waals surface area contributed by atoms with Crippen molar-refractivity contribution in [2.24, 2.45) is 5.73 Å². The minimum absolute atomic E-state index is 0.0826. The molecule has 1 atom stereocenters. The van der Waals surface area contributed by atoms with Crippen molar-refractivity contribution in [3.8, 4) is 11.8 Å². The molecule has 3 N–H and O–H groups in total. The average molecular weight is 309 g/mol. The van der Waals surface area contributed by atoms with Crippen LogP contribution in [0.1, 0.15) is 12.5 Å². The predicted octanol–water partition coefficient (Wildman–Crippen LogP) is -0.248. The lowest BCUT2D eigenvalue weighted by atomic mass is 10.2. The minimum atomic E-state index is -3.75. The molecule has 0 spiro atoms. The van der Waals surface area contributed by atoms with Crippen molar-refractivity contribution in [3.63, 3.8) is 0 Å². The Morgan fingerprint density at radius 1 is 1.33 bits per heavy atom. The third-order valence-electron chi connectivity index (χ3n) is 2.64. The lowest BCUT2D eigenvalue weighted by molar-refractivity contribution is -0.130. The highest BCUT2D eigenvalue weighted by Crippen LogP contribution is 2.11. The number of nitrogens with zero attached hydrogens (tertiary/aromatic N) is 1. The van der Waals surface area contributed by atoms with Gasteiger partial charge in [0.1, 0.15) is 0 Å². The number of carbonyl (C=O) groups excluding carboxylic acids is 1. The van der Waals surface area contributed by atoms with E-state index in [4.69, 9.17) is 5.73 Å². The molecular weight excluding hydrogens is 290 g/mol. The van der Waals surface area contributed by atoms with Crippen LogP contribution in [0, 0.1) is 11.8 Å². The molecule has 1 amide bonds. The van der Waals surface area contributed by atoms with Crippen LogP contribution < -0.4 is 10.5 Å². The molecule has 1 rings (SSSR count). The van der Waals surface area contributed by atoms with E-state index < -0.39 is 16.1 Å². The fraction of sp³-hybridized carbons (Fsp3) is 0.357. The zero-order valence-electron chi connectivity index (χ0n) is 12.3. The van der Waals surface area contributed by atoms with Gasteiger partial charge in [0.25, 0.3) is 0 Å². The Bertz CT molecular complexity index is 655. The van der Waals surface area contributed by atoms with E-state index in [0.717, 1.165) is 0 Å². The Morgan fingerprint density at radius 3 is 2.38 bits per heavy atom. The molecule has 1 aromatic carbocycles. The highest BCUT2D eigenvalue weighted by atomic mass is 32.2. The van der Waals surface area contributed by atoms with Crippen LogP contribution in [0.15, 0.2) is 29.2 Å². The molecule has 21 heavy (non-hydrogen) atoms. The van der Waals surface area contributed by atoms with Gasteiger partial charge in [0.15, 0.2) is 0 Å². The molecule has 0 heterocycles. The molecule has 0 aliphatic carbocycles. The van der Waals surface area contributed by atoms with Gasteiger partial charge in [0, 0.05) is 19.7 Å². The summed E-state index contributed by atoms with van der Waals surface area (Å²) in [5, 5.41) is 0. The van der Waals surface area contributed by atoms with E-state index in [1.54, 1.807) is 26.2 Å². The Morgan fingerprint density at radius 2 is 1.90 bits per heavy atom. The van der Waals surface area contributed by atoms with Crippen molar-refractivity contribution < 1.29 is 13.2 Å². The van der Waals surface area contributed by atoms with Crippen LogP contribution in [-0.4, -0.2) is 45.9 Å². The molecule has 0 aliphatic heterocycles. The monoisotopic (exact) mass is 309 g/mol. The number of hydrogen-bond donors (Lipinski definition) is 2. The van der Waals surface area contributed by atoms with E-state index in [-0.39, 0.29) is 17.3 Å². The van der Waals surface area contributed by atoms with Gasteiger partial charge in [-0.1, -0.05) is 11.8 Å². The van der Waals surface area contributed by atoms with Gasteiger partial charge in [-0.05, 0) is 31.2 Å². The minimum Gasteiger partial charge on any atom is -0.347 e. The SMILES string of the molecule is CC(NS(=O)(=O)c1ccc(C#CCN)cc1)C(=O)N(C)C. The number of likely N-dealkylation sites (N-methyl/N-ethyl adjacent to an activating group) is 1. The molecule has 0 bridgehead atoms. The fourth-order valence-corrected chi connectivity index (χ4v) is 2.81. The van der Waals surface area contributed by atoms with Crippen LogP contribution in [0.25, 0.3) is 0 Å². The van der Waals surface area contributed by atoms with Gasteiger partial charge in [-0.25, -0.2) is 8.42 Å². The molecule has 0 saturated carbocycles. The number of benzene rings is 1. The fourth-order valence-electron chi connectivity index (χ4n) is 1.61. The molecule has 0 radical (unpaired) electrons. The summed E-state index contributed by atoms with van der Waals surface area (Å²) in [5.74, 6) is 5.18. The molecule has 6 nitrogen and oxygen atoms in total. The van der Waals surface area contributed by atoms with Gasteiger partial charge in [-0.2, -0.15) is 4.72 Å². The van der Waals surface area contributed by atoms with E-state index in [0.29, 0.717) is 5.56 Å². The summed E-state index contributed by atoms with van der Waals surface area (Å²) in [4.78, 5) is 13.1. The van der Waals surface area contributed by atoms with E-state index >= 15 is 0 Å². The smallest absolute Gasteiger partial charge is 0.241 e. The summed E-state index contributed by atoms with van der Waals surface area (Å²) >= 11 is 0. The normalized spacial score (nSPS) is 12.2. The van der Waals surface area contributed by atoms with Crippen molar-refractivity contribution in [3.05, 3.63) is 29.8 Å². The average Bonchev–Trinajstić information content (AvgIpc) is 2.44. The first kappa shape index (κ1) is 17.2. The van der Waals surface area contributed by atoms with Crippen molar-refractivity contribution in [1.82, 2.24) is 9.62 Å². The van der Waals surface area contributed by atoms with E-state index in [2.05, 4.69) is 16.6 Å². The van der Waals surface area contributed by atoms with Gasteiger partial charge >= 0.3 is 0 Å². The first-order valence-corrected chi connectivity index (χ1v) is 7.78. The molecular formula is C14H19N3O3S. The van der Waals surface area contributed by atoms with Crippen LogP contribution >= 0.6 is 0 Å². The molecule has 0 saturated heterocycles. The summed E-state index contributed by atoms with van der Waals surface area (Å²) in [5.41, 5.74) is 5.95. The maximum absolute atomic E-state index is 12.2. The Labute approximate surface area is 125 Å². The van der Waals surface area contributed by atoms with Crippen molar-refractivity contribution >= 4 is 15.9 Å². The number of sulfonamides is 1. The Balaban J connectivity index is 2.91. The molecule has 7 heteroatoms. The van der Waals surface area contributed by atoms with Crippen molar-refractivity contribution in [1.29, 1.82) is 0 Å². The predicted molar refractivity (Wildman–Crippen MR) is 80.9 cm³/mol.